The topological polar surface area (TPSA) is 78.9 Å². The van der Waals surface area contributed by atoms with Crippen LogP contribution in [0, 0.1) is 0 Å². The van der Waals surface area contributed by atoms with Crippen LogP contribution in [-0.2, 0) is 0 Å². The van der Waals surface area contributed by atoms with Crippen molar-refractivity contribution in [1.82, 2.24) is 14.6 Å². The molecule has 0 radical (unpaired) electrons. The van der Waals surface area contributed by atoms with E-state index >= 15 is 0 Å². The van der Waals surface area contributed by atoms with Crippen LogP contribution in [-0.4, -0.2) is 53.4 Å². The van der Waals surface area contributed by atoms with E-state index in [1.54, 1.807) is 36.5 Å². The molecular weight excluding hydrogens is 352 g/mol. The van der Waals surface area contributed by atoms with E-state index in [4.69, 9.17) is 10.7 Å². The normalized spacial score (nSPS) is 21.4. The third-order valence-electron chi connectivity index (χ3n) is 4.01. The molecule has 2 aliphatic rings. The number of nitrogens with two attached hydrogens (primary N) is 1. The van der Waals surface area contributed by atoms with Crippen molar-refractivity contribution in [2.45, 2.75) is 31.6 Å². The van der Waals surface area contributed by atoms with Crippen molar-refractivity contribution in [1.29, 1.82) is 0 Å². The molecule has 8 heteroatoms. The Balaban J connectivity index is 1.89. The summed E-state index contributed by atoms with van der Waals surface area (Å²) in [6.45, 7) is 5.85. The number of hydrogen-bond donors (Lipinski definition) is 2. The predicted molar refractivity (Wildman–Crippen MR) is 108 cm³/mol. The Hall–Kier alpha value is -1.64. The van der Waals surface area contributed by atoms with Crippen molar-refractivity contribution in [3.63, 3.8) is 0 Å². The molecule has 3 N–H and O–H groups in total. The van der Waals surface area contributed by atoms with Gasteiger partial charge in [0.1, 0.15) is 0 Å². The smallest absolute Gasteiger partial charge is 0.165 e. The molecule has 1 atom stereocenters. The van der Waals surface area contributed by atoms with Gasteiger partial charge in [-0.3, -0.25) is 14.7 Å². The molecule has 1 aromatic heterocycles. The third-order valence-corrected chi connectivity index (χ3v) is 5.71. The largest absolute Gasteiger partial charge is 0.398 e. The number of amidine groups is 1. The highest BCUT2D eigenvalue weighted by Gasteiger charge is 2.35. The van der Waals surface area contributed by atoms with E-state index in [-0.39, 0.29) is 0 Å². The summed E-state index contributed by atoms with van der Waals surface area (Å²) >= 11 is 3.40. The fourth-order valence-electron chi connectivity index (χ4n) is 2.91. The quantitative estimate of drug-likeness (QED) is 0.589. The Labute approximate surface area is 157 Å². The first kappa shape index (κ1) is 18.2. The van der Waals surface area contributed by atoms with Crippen LogP contribution in [0.5, 0.6) is 0 Å². The number of allylic oxidation sites excluding steroid dienone is 1. The number of nitrogens with one attached hydrogen (secondary N) is 1. The second kappa shape index (κ2) is 8.16. The molecule has 0 bridgehead atoms. The summed E-state index contributed by atoms with van der Waals surface area (Å²) in [5.41, 5.74) is 9.39. The first-order chi connectivity index (χ1) is 12.1. The second-order valence-electron chi connectivity index (χ2n) is 6.23. The third kappa shape index (κ3) is 4.13. The number of thiazole rings is 1. The molecule has 134 valence electrons. The van der Waals surface area contributed by atoms with Gasteiger partial charge >= 0.3 is 0 Å². The summed E-state index contributed by atoms with van der Waals surface area (Å²) in [6, 6.07) is 0.369. The summed E-state index contributed by atoms with van der Waals surface area (Å²) in [7, 11) is 1.74. The van der Waals surface area contributed by atoms with Crippen LogP contribution >= 0.6 is 23.3 Å². The van der Waals surface area contributed by atoms with E-state index in [1.165, 1.54) is 5.70 Å². The molecule has 0 aromatic carbocycles. The van der Waals surface area contributed by atoms with Crippen molar-refractivity contribution >= 4 is 35.3 Å². The Kier molecular flexibility index (Phi) is 5.93. The Morgan fingerprint density at radius 1 is 1.56 bits per heavy atom. The van der Waals surface area contributed by atoms with E-state index in [2.05, 4.69) is 33.4 Å². The minimum absolute atomic E-state index is 0.369. The number of rotatable bonds is 6. The van der Waals surface area contributed by atoms with Crippen molar-refractivity contribution in [2.75, 3.05) is 20.1 Å². The summed E-state index contributed by atoms with van der Waals surface area (Å²) < 4.78 is 3.59. The first-order valence-electron chi connectivity index (χ1n) is 8.33. The lowest BCUT2D eigenvalue weighted by Gasteiger charge is -2.27. The minimum atomic E-state index is 0.369. The van der Waals surface area contributed by atoms with Crippen molar-refractivity contribution < 1.29 is 0 Å². The summed E-state index contributed by atoms with van der Waals surface area (Å²) in [6.07, 6.45) is 6.35. The van der Waals surface area contributed by atoms with Gasteiger partial charge in [-0.15, -0.1) is 11.3 Å². The number of fused-ring (bicyclic) bond motifs is 1. The fourth-order valence-corrected chi connectivity index (χ4v) is 4.19. The molecule has 0 amide bonds. The lowest BCUT2D eigenvalue weighted by Crippen LogP contribution is -2.35. The Bertz CT molecular complexity index is 718. The second-order valence-corrected chi connectivity index (χ2v) is 8.54. The van der Waals surface area contributed by atoms with Crippen LogP contribution in [0.1, 0.15) is 25.3 Å². The SMILES string of the molecule is CN=CC=C(N)C1=C2CC(NSC(C)C)CN2C(c2nccs2)=NC1. The zero-order valence-corrected chi connectivity index (χ0v) is 16.4. The Morgan fingerprint density at radius 2 is 2.40 bits per heavy atom. The molecule has 0 saturated carbocycles. The number of aliphatic imine (C=N–C) groups is 2. The van der Waals surface area contributed by atoms with Crippen LogP contribution < -0.4 is 10.5 Å². The maximum Gasteiger partial charge on any atom is 0.165 e. The van der Waals surface area contributed by atoms with Crippen molar-refractivity contribution in [3.05, 3.63) is 39.6 Å². The van der Waals surface area contributed by atoms with Gasteiger partial charge in [0.25, 0.3) is 0 Å². The molecule has 25 heavy (non-hydrogen) atoms. The summed E-state index contributed by atoms with van der Waals surface area (Å²) in [5, 5.41) is 3.50. The summed E-state index contributed by atoms with van der Waals surface area (Å²) in [5.74, 6) is 0.963. The molecule has 1 saturated heterocycles. The molecule has 6 nitrogen and oxygen atoms in total. The highest BCUT2D eigenvalue weighted by molar-refractivity contribution is 7.98. The number of aromatic nitrogens is 1. The van der Waals surface area contributed by atoms with Gasteiger partial charge in [0.15, 0.2) is 10.8 Å². The zero-order chi connectivity index (χ0) is 17.8. The molecule has 1 aromatic rings. The van der Waals surface area contributed by atoms with Crippen LogP contribution in [0.3, 0.4) is 0 Å². The molecule has 0 spiro atoms. The van der Waals surface area contributed by atoms with Crippen molar-refractivity contribution in [2.24, 2.45) is 15.7 Å². The average molecular weight is 377 g/mol. The molecule has 3 rings (SSSR count). The van der Waals surface area contributed by atoms with Crippen LogP contribution in [0.2, 0.25) is 0 Å². The number of nitrogens with zero attached hydrogens (tertiary/aromatic N) is 4. The summed E-state index contributed by atoms with van der Waals surface area (Å²) in [4.78, 5) is 15.5. The van der Waals surface area contributed by atoms with E-state index in [0.717, 1.165) is 35.1 Å². The highest BCUT2D eigenvalue weighted by Crippen LogP contribution is 2.33. The average Bonchev–Trinajstić information content (AvgIpc) is 3.26. The van der Waals surface area contributed by atoms with Crippen LogP contribution in [0.15, 0.2) is 44.6 Å². The standard InChI is InChI=1S/C17H24N6S2/c1-11(2)25-22-12-8-15-13(14(18)4-5-19-3)9-21-16(23(15)10-12)17-20-6-7-24-17/h4-7,11-12,22H,8-10,18H2,1-3H3. The van der Waals surface area contributed by atoms with Gasteiger partial charge in [-0.1, -0.05) is 25.8 Å². The van der Waals surface area contributed by atoms with Crippen LogP contribution in [0.25, 0.3) is 0 Å². The van der Waals surface area contributed by atoms with Crippen LogP contribution in [0.4, 0.5) is 0 Å². The van der Waals surface area contributed by atoms with Gasteiger partial charge in [-0.25, -0.2) is 4.98 Å². The maximum absolute atomic E-state index is 6.30. The van der Waals surface area contributed by atoms with Gasteiger partial charge in [-0.2, -0.15) is 0 Å². The fraction of sp³-hybridized carbons (Fsp3) is 0.471. The first-order valence-corrected chi connectivity index (χ1v) is 10.1. The lowest BCUT2D eigenvalue weighted by atomic mass is 10.1. The highest BCUT2D eigenvalue weighted by atomic mass is 32.2. The maximum atomic E-state index is 6.30. The predicted octanol–water partition coefficient (Wildman–Crippen LogP) is 2.42. The molecule has 1 fully saturated rings. The van der Waals surface area contributed by atoms with E-state index in [9.17, 15) is 0 Å². The van der Waals surface area contributed by atoms with Gasteiger partial charge in [0.05, 0.1) is 6.54 Å². The van der Waals surface area contributed by atoms with Gasteiger partial charge < -0.3 is 10.6 Å². The van der Waals surface area contributed by atoms with Gasteiger partial charge in [0.2, 0.25) is 0 Å². The van der Waals surface area contributed by atoms with E-state index in [1.807, 2.05) is 17.7 Å². The molecular formula is C17H24N6S2. The van der Waals surface area contributed by atoms with Gasteiger partial charge in [-0.05, 0) is 6.08 Å². The number of hydrogen-bond acceptors (Lipinski definition) is 8. The van der Waals surface area contributed by atoms with Gasteiger partial charge in [0, 0.05) is 66.1 Å². The molecule has 2 aliphatic heterocycles. The monoisotopic (exact) mass is 376 g/mol. The van der Waals surface area contributed by atoms with E-state index < -0.39 is 0 Å². The Morgan fingerprint density at radius 3 is 3.08 bits per heavy atom. The molecule has 0 aliphatic carbocycles. The lowest BCUT2D eigenvalue weighted by molar-refractivity contribution is 0.538. The molecule has 3 heterocycles. The minimum Gasteiger partial charge on any atom is -0.398 e. The van der Waals surface area contributed by atoms with E-state index in [0.29, 0.717) is 17.8 Å². The van der Waals surface area contributed by atoms with Crippen molar-refractivity contribution in [3.8, 4) is 0 Å². The molecule has 1 unspecified atom stereocenters. The zero-order valence-electron chi connectivity index (χ0n) is 14.8.